The molecule has 0 aromatic carbocycles. The van der Waals surface area contributed by atoms with Crippen LogP contribution in [0.3, 0.4) is 0 Å². The topological polar surface area (TPSA) is 81.7 Å². The van der Waals surface area contributed by atoms with E-state index in [0.717, 1.165) is 0 Å². The maximum Gasteiger partial charge on any atom is 0.340 e. The summed E-state index contributed by atoms with van der Waals surface area (Å²) in [7, 11) is 0. The summed E-state index contributed by atoms with van der Waals surface area (Å²) in [5.41, 5.74) is 0.378. The Kier molecular flexibility index (Phi) is 6.01. The van der Waals surface area contributed by atoms with Crippen molar-refractivity contribution in [3.8, 4) is 0 Å². The number of carbonyl (C=O) groups is 3. The van der Waals surface area contributed by atoms with Gasteiger partial charge in [-0.1, -0.05) is 0 Å². The molecule has 1 heterocycles. The van der Waals surface area contributed by atoms with Gasteiger partial charge in [-0.25, -0.2) is 9.59 Å². The van der Waals surface area contributed by atoms with Crippen LogP contribution in [-0.4, -0.2) is 37.1 Å². The third-order valence-electron chi connectivity index (χ3n) is 2.10. The Morgan fingerprint density at radius 2 is 1.79 bits per heavy atom. The second-order valence-electron chi connectivity index (χ2n) is 3.42. The smallest absolute Gasteiger partial charge is 0.340 e. The maximum absolute atomic E-state index is 11.8. The van der Waals surface area contributed by atoms with Crippen molar-refractivity contribution in [3.05, 3.63) is 22.4 Å². The summed E-state index contributed by atoms with van der Waals surface area (Å²) in [5.74, 6) is -2.18. The lowest BCUT2D eigenvalue weighted by molar-refractivity contribution is -0.157. The van der Waals surface area contributed by atoms with Crippen LogP contribution in [-0.2, 0) is 19.1 Å². The summed E-state index contributed by atoms with van der Waals surface area (Å²) in [5, 5.41) is 5.64. The summed E-state index contributed by atoms with van der Waals surface area (Å²) in [6.07, 6.45) is 0. The molecule has 1 aromatic rings. The first-order valence-electron chi connectivity index (χ1n) is 5.76. The van der Waals surface area contributed by atoms with Crippen molar-refractivity contribution in [1.82, 2.24) is 5.32 Å². The largest absolute Gasteiger partial charge is 0.464 e. The van der Waals surface area contributed by atoms with Crippen molar-refractivity contribution in [3.63, 3.8) is 0 Å². The first-order valence-corrected chi connectivity index (χ1v) is 6.70. The Morgan fingerprint density at radius 3 is 2.21 bits per heavy atom. The van der Waals surface area contributed by atoms with Crippen LogP contribution in [0.2, 0.25) is 0 Å². The Labute approximate surface area is 114 Å². The molecule has 0 aliphatic heterocycles. The van der Waals surface area contributed by atoms with Gasteiger partial charge in [0, 0.05) is 5.38 Å². The number of amides is 1. The zero-order chi connectivity index (χ0) is 14.3. The van der Waals surface area contributed by atoms with Gasteiger partial charge in [-0.2, -0.15) is 11.3 Å². The van der Waals surface area contributed by atoms with Gasteiger partial charge in [-0.05, 0) is 25.3 Å². The minimum atomic E-state index is -1.44. The van der Waals surface area contributed by atoms with E-state index in [2.05, 4.69) is 5.32 Å². The number of rotatable bonds is 6. The quantitative estimate of drug-likeness (QED) is 0.622. The normalized spacial score (nSPS) is 10.1. The lowest BCUT2D eigenvalue weighted by Gasteiger charge is -2.15. The van der Waals surface area contributed by atoms with Crippen LogP contribution in [0.25, 0.3) is 0 Å². The van der Waals surface area contributed by atoms with Gasteiger partial charge in [-0.3, -0.25) is 4.79 Å². The molecule has 1 N–H and O–H groups in total. The molecule has 0 fully saturated rings. The fourth-order valence-electron chi connectivity index (χ4n) is 1.27. The number of esters is 2. The molecule has 0 unspecified atom stereocenters. The summed E-state index contributed by atoms with van der Waals surface area (Å²) < 4.78 is 9.48. The van der Waals surface area contributed by atoms with Crippen LogP contribution < -0.4 is 5.32 Å². The zero-order valence-electron chi connectivity index (χ0n) is 10.7. The van der Waals surface area contributed by atoms with Gasteiger partial charge >= 0.3 is 11.9 Å². The molecule has 0 saturated carbocycles. The van der Waals surface area contributed by atoms with Gasteiger partial charge in [0.25, 0.3) is 5.91 Å². The first-order chi connectivity index (χ1) is 9.10. The van der Waals surface area contributed by atoms with Gasteiger partial charge < -0.3 is 14.8 Å². The van der Waals surface area contributed by atoms with Crippen LogP contribution in [0.5, 0.6) is 0 Å². The molecule has 6 nitrogen and oxygen atoms in total. The first kappa shape index (κ1) is 15.2. The minimum Gasteiger partial charge on any atom is -0.464 e. The third-order valence-corrected chi connectivity index (χ3v) is 2.79. The summed E-state index contributed by atoms with van der Waals surface area (Å²) in [6.45, 7) is 3.45. The average molecular weight is 285 g/mol. The molecule has 0 radical (unpaired) electrons. The highest BCUT2D eigenvalue weighted by molar-refractivity contribution is 7.08. The Balaban J connectivity index is 2.76. The van der Waals surface area contributed by atoms with E-state index in [1.807, 2.05) is 0 Å². The molecule has 104 valence electrons. The number of carbonyl (C=O) groups excluding carboxylic acids is 3. The van der Waals surface area contributed by atoms with Crippen LogP contribution in [0.15, 0.2) is 16.8 Å². The minimum absolute atomic E-state index is 0.114. The molecular weight excluding hydrogens is 270 g/mol. The van der Waals surface area contributed by atoms with E-state index < -0.39 is 23.9 Å². The van der Waals surface area contributed by atoms with E-state index in [4.69, 9.17) is 9.47 Å². The number of hydrogen-bond donors (Lipinski definition) is 1. The molecular formula is C12H15NO5S. The predicted octanol–water partition coefficient (Wildman–Crippen LogP) is 0.973. The number of thiophene rings is 1. The Bertz CT molecular complexity index is 425. The van der Waals surface area contributed by atoms with E-state index in [0.29, 0.717) is 5.56 Å². The predicted molar refractivity (Wildman–Crippen MR) is 68.8 cm³/mol. The number of nitrogens with one attached hydrogen (secondary N) is 1. The molecule has 19 heavy (non-hydrogen) atoms. The van der Waals surface area contributed by atoms with Gasteiger partial charge in [0.1, 0.15) is 0 Å². The van der Waals surface area contributed by atoms with Gasteiger partial charge in [0.15, 0.2) is 0 Å². The van der Waals surface area contributed by atoms with Crippen molar-refractivity contribution in [2.24, 2.45) is 0 Å². The Hall–Kier alpha value is -1.89. The molecule has 1 aromatic heterocycles. The van der Waals surface area contributed by atoms with E-state index in [1.165, 1.54) is 11.3 Å². The van der Waals surface area contributed by atoms with Crippen LogP contribution in [0, 0.1) is 0 Å². The van der Waals surface area contributed by atoms with Crippen LogP contribution in [0.1, 0.15) is 24.2 Å². The van der Waals surface area contributed by atoms with E-state index >= 15 is 0 Å². The summed E-state index contributed by atoms with van der Waals surface area (Å²) in [6, 6.07) is 0.153. The molecule has 0 aliphatic rings. The molecule has 7 heteroatoms. The molecule has 0 saturated heterocycles. The standard InChI is InChI=1S/C12H15NO5S/c1-3-17-11(15)9(12(16)18-4-2)13-10(14)8-5-6-19-7-8/h5-7,9H,3-4H2,1-2H3,(H,13,14). The summed E-state index contributed by atoms with van der Waals surface area (Å²) in [4.78, 5) is 35.1. The molecule has 0 aliphatic carbocycles. The molecule has 0 bridgehead atoms. The van der Waals surface area contributed by atoms with Crippen molar-refractivity contribution < 1.29 is 23.9 Å². The second kappa shape index (κ2) is 7.52. The molecule has 1 rings (SSSR count). The van der Waals surface area contributed by atoms with Crippen molar-refractivity contribution in [2.75, 3.05) is 13.2 Å². The lowest BCUT2D eigenvalue weighted by Crippen LogP contribution is -2.48. The monoisotopic (exact) mass is 285 g/mol. The van der Waals surface area contributed by atoms with Crippen molar-refractivity contribution in [1.29, 1.82) is 0 Å². The highest BCUT2D eigenvalue weighted by Crippen LogP contribution is 2.06. The number of ether oxygens (including phenoxy) is 2. The summed E-state index contributed by atoms with van der Waals surface area (Å²) >= 11 is 1.34. The maximum atomic E-state index is 11.8. The van der Waals surface area contributed by atoms with Gasteiger partial charge in [0.05, 0.1) is 18.8 Å². The van der Waals surface area contributed by atoms with Crippen molar-refractivity contribution in [2.45, 2.75) is 19.9 Å². The van der Waals surface area contributed by atoms with Gasteiger partial charge in [-0.15, -0.1) is 0 Å². The second-order valence-corrected chi connectivity index (χ2v) is 4.20. The SMILES string of the molecule is CCOC(=O)C(NC(=O)c1ccsc1)C(=O)OCC. The zero-order valence-corrected chi connectivity index (χ0v) is 11.5. The fourth-order valence-corrected chi connectivity index (χ4v) is 1.91. The Morgan fingerprint density at radius 1 is 1.21 bits per heavy atom. The molecule has 0 atom stereocenters. The average Bonchev–Trinajstić information content (AvgIpc) is 2.90. The van der Waals surface area contributed by atoms with Gasteiger partial charge in [0.2, 0.25) is 6.04 Å². The number of hydrogen-bond acceptors (Lipinski definition) is 6. The van der Waals surface area contributed by atoms with E-state index in [-0.39, 0.29) is 13.2 Å². The third kappa shape index (κ3) is 4.36. The highest BCUT2D eigenvalue weighted by Gasteiger charge is 2.31. The van der Waals surface area contributed by atoms with E-state index in [9.17, 15) is 14.4 Å². The fraction of sp³-hybridized carbons (Fsp3) is 0.417. The van der Waals surface area contributed by atoms with Crippen LogP contribution >= 0.6 is 11.3 Å². The molecule has 1 amide bonds. The lowest BCUT2D eigenvalue weighted by atomic mass is 10.2. The van der Waals surface area contributed by atoms with Crippen molar-refractivity contribution >= 4 is 29.2 Å². The molecule has 0 spiro atoms. The van der Waals surface area contributed by atoms with E-state index in [1.54, 1.807) is 30.7 Å². The highest BCUT2D eigenvalue weighted by atomic mass is 32.1. The van der Waals surface area contributed by atoms with Crippen LogP contribution in [0.4, 0.5) is 0 Å².